The number of anilines is 1. The van der Waals surface area contributed by atoms with E-state index in [2.05, 4.69) is 20.8 Å². The van der Waals surface area contributed by atoms with E-state index in [-0.39, 0.29) is 5.91 Å². The van der Waals surface area contributed by atoms with Crippen LogP contribution in [0.3, 0.4) is 0 Å². The number of carbonyl (C=O) groups excluding carboxylic acids is 1. The summed E-state index contributed by atoms with van der Waals surface area (Å²) < 4.78 is 1.65. The zero-order chi connectivity index (χ0) is 21.4. The molecule has 0 radical (unpaired) electrons. The monoisotopic (exact) mass is 426 g/mol. The lowest BCUT2D eigenvalue weighted by molar-refractivity contribution is 0.102. The smallest absolute Gasteiger partial charge is 0.256 e. The number of benzene rings is 2. The third-order valence-electron chi connectivity index (χ3n) is 5.06. The van der Waals surface area contributed by atoms with Crippen molar-refractivity contribution >= 4 is 33.8 Å². The molecule has 0 bridgehead atoms. The second-order valence-corrected chi connectivity index (χ2v) is 8.09. The Morgan fingerprint density at radius 1 is 1.03 bits per heavy atom. The minimum Gasteiger partial charge on any atom is -0.322 e. The van der Waals surface area contributed by atoms with Gasteiger partial charge in [0, 0.05) is 11.1 Å². The molecule has 0 saturated heterocycles. The molecule has 5 rings (SSSR count). The van der Waals surface area contributed by atoms with Gasteiger partial charge in [-0.05, 0) is 65.5 Å². The second-order valence-electron chi connectivity index (χ2n) is 7.14. The number of para-hydroxylation sites is 1. The third-order valence-corrected chi connectivity index (χ3v) is 5.95. The maximum absolute atomic E-state index is 13.3. The first kappa shape index (κ1) is 19.1. The van der Waals surface area contributed by atoms with Crippen molar-refractivity contribution < 1.29 is 4.79 Å². The van der Waals surface area contributed by atoms with Crippen LogP contribution in [0, 0.1) is 13.8 Å². The Hall–Kier alpha value is -3.91. The fraction of sp³-hybridized carbons (Fsp3) is 0.0870. The Morgan fingerprint density at radius 2 is 1.90 bits per heavy atom. The van der Waals surface area contributed by atoms with Crippen molar-refractivity contribution in [3.63, 3.8) is 0 Å². The lowest BCUT2D eigenvalue weighted by atomic mass is 10.1. The summed E-state index contributed by atoms with van der Waals surface area (Å²) in [5, 5.41) is 17.5. The van der Waals surface area contributed by atoms with E-state index in [1.807, 2.05) is 79.9 Å². The van der Waals surface area contributed by atoms with Gasteiger partial charge < -0.3 is 5.32 Å². The highest BCUT2D eigenvalue weighted by atomic mass is 32.1. The molecule has 2 aromatic carbocycles. The predicted molar refractivity (Wildman–Crippen MR) is 122 cm³/mol. The standard InChI is InChI=1S/C23H18N6OS/c1-14-9-10-16(12-21(14)29-15(2)26-27-28-29)24-23(30)18-13-20(22-8-5-11-31-22)25-19-7-4-3-6-17(18)19/h3-13H,1-2H3,(H,24,30). The molecule has 1 N–H and O–H groups in total. The first-order valence-corrected chi connectivity index (χ1v) is 10.6. The minimum absolute atomic E-state index is 0.195. The summed E-state index contributed by atoms with van der Waals surface area (Å²) in [6.45, 7) is 3.81. The van der Waals surface area contributed by atoms with Crippen molar-refractivity contribution in [2.75, 3.05) is 5.32 Å². The van der Waals surface area contributed by atoms with Crippen molar-refractivity contribution in [2.24, 2.45) is 0 Å². The molecular formula is C23H18N6OS. The van der Waals surface area contributed by atoms with Gasteiger partial charge in [-0.15, -0.1) is 16.4 Å². The number of hydrogen-bond donors (Lipinski definition) is 1. The summed E-state index contributed by atoms with van der Waals surface area (Å²) in [6.07, 6.45) is 0. The number of tetrazole rings is 1. The van der Waals surface area contributed by atoms with Crippen LogP contribution in [0.25, 0.3) is 27.2 Å². The highest BCUT2D eigenvalue weighted by Gasteiger charge is 2.16. The molecule has 0 unspecified atom stereocenters. The van der Waals surface area contributed by atoms with Gasteiger partial charge in [-0.2, -0.15) is 4.68 Å². The molecule has 0 fully saturated rings. The van der Waals surface area contributed by atoms with Crippen LogP contribution in [0.2, 0.25) is 0 Å². The maximum atomic E-state index is 13.3. The Balaban J connectivity index is 1.55. The van der Waals surface area contributed by atoms with Gasteiger partial charge in [0.05, 0.1) is 27.3 Å². The molecular weight excluding hydrogens is 408 g/mol. The van der Waals surface area contributed by atoms with E-state index in [1.165, 1.54) is 0 Å². The van der Waals surface area contributed by atoms with Crippen molar-refractivity contribution in [3.05, 3.63) is 83.0 Å². The number of amides is 1. The van der Waals surface area contributed by atoms with Crippen molar-refractivity contribution in [3.8, 4) is 16.3 Å². The molecule has 7 nitrogen and oxygen atoms in total. The topological polar surface area (TPSA) is 85.6 Å². The number of carbonyl (C=O) groups is 1. The van der Waals surface area contributed by atoms with Gasteiger partial charge in [0.25, 0.3) is 5.91 Å². The summed E-state index contributed by atoms with van der Waals surface area (Å²) in [6, 6.07) is 19.2. The van der Waals surface area contributed by atoms with Gasteiger partial charge >= 0.3 is 0 Å². The number of nitrogens with one attached hydrogen (secondary N) is 1. The van der Waals surface area contributed by atoms with E-state index < -0.39 is 0 Å². The number of pyridine rings is 1. The molecule has 31 heavy (non-hydrogen) atoms. The van der Waals surface area contributed by atoms with Crippen LogP contribution in [-0.4, -0.2) is 31.1 Å². The van der Waals surface area contributed by atoms with Crippen LogP contribution in [0.4, 0.5) is 5.69 Å². The highest BCUT2D eigenvalue weighted by Crippen LogP contribution is 2.28. The van der Waals surface area contributed by atoms with Crippen LogP contribution in [0.15, 0.2) is 66.0 Å². The van der Waals surface area contributed by atoms with Gasteiger partial charge in [0.15, 0.2) is 5.82 Å². The number of nitrogens with zero attached hydrogens (tertiary/aromatic N) is 5. The van der Waals surface area contributed by atoms with E-state index in [1.54, 1.807) is 16.0 Å². The number of aromatic nitrogens is 5. The normalized spacial score (nSPS) is 11.0. The van der Waals surface area contributed by atoms with E-state index in [9.17, 15) is 4.79 Å². The molecule has 3 aromatic heterocycles. The highest BCUT2D eigenvalue weighted by molar-refractivity contribution is 7.13. The van der Waals surface area contributed by atoms with Gasteiger partial charge in [-0.25, -0.2) is 4.98 Å². The summed E-state index contributed by atoms with van der Waals surface area (Å²) in [5.74, 6) is 0.479. The molecule has 3 heterocycles. The number of hydrogen-bond acceptors (Lipinski definition) is 6. The van der Waals surface area contributed by atoms with Gasteiger partial charge in [-0.3, -0.25) is 4.79 Å². The number of fused-ring (bicyclic) bond motifs is 1. The maximum Gasteiger partial charge on any atom is 0.256 e. The van der Waals surface area contributed by atoms with Crippen molar-refractivity contribution in [1.29, 1.82) is 0 Å². The van der Waals surface area contributed by atoms with Gasteiger partial charge in [0.1, 0.15) is 0 Å². The predicted octanol–water partition coefficient (Wildman–Crippen LogP) is 4.81. The van der Waals surface area contributed by atoms with Crippen LogP contribution in [-0.2, 0) is 0 Å². The molecule has 0 aliphatic rings. The zero-order valence-electron chi connectivity index (χ0n) is 16.9. The molecule has 152 valence electrons. The van der Waals surface area contributed by atoms with E-state index in [0.717, 1.165) is 32.7 Å². The summed E-state index contributed by atoms with van der Waals surface area (Å²) in [5.41, 5.74) is 4.64. The fourth-order valence-electron chi connectivity index (χ4n) is 3.48. The summed E-state index contributed by atoms with van der Waals surface area (Å²) in [4.78, 5) is 19.1. The minimum atomic E-state index is -0.195. The largest absolute Gasteiger partial charge is 0.322 e. The molecule has 0 saturated carbocycles. The Bertz CT molecular complexity index is 1410. The van der Waals surface area contributed by atoms with Gasteiger partial charge in [0.2, 0.25) is 0 Å². The molecule has 0 aliphatic carbocycles. The van der Waals surface area contributed by atoms with Crippen LogP contribution >= 0.6 is 11.3 Å². The lowest BCUT2D eigenvalue weighted by Crippen LogP contribution is -2.14. The first-order valence-electron chi connectivity index (χ1n) is 9.71. The Morgan fingerprint density at radius 3 is 2.68 bits per heavy atom. The SMILES string of the molecule is Cc1ccc(NC(=O)c2cc(-c3cccs3)nc3ccccc23)cc1-n1nnnc1C. The first-order chi connectivity index (χ1) is 15.1. The number of rotatable bonds is 4. The second kappa shape index (κ2) is 7.73. The van der Waals surface area contributed by atoms with Crippen LogP contribution in [0.5, 0.6) is 0 Å². The molecule has 8 heteroatoms. The summed E-state index contributed by atoms with van der Waals surface area (Å²) in [7, 11) is 0. The van der Waals surface area contributed by atoms with E-state index in [0.29, 0.717) is 17.1 Å². The van der Waals surface area contributed by atoms with E-state index in [4.69, 9.17) is 4.98 Å². The molecule has 0 spiro atoms. The quantitative estimate of drug-likeness (QED) is 0.446. The van der Waals surface area contributed by atoms with E-state index >= 15 is 0 Å². The van der Waals surface area contributed by atoms with Gasteiger partial charge in [-0.1, -0.05) is 30.3 Å². The number of aryl methyl sites for hydroxylation is 2. The fourth-order valence-corrected chi connectivity index (χ4v) is 4.17. The molecule has 0 atom stereocenters. The third kappa shape index (κ3) is 3.57. The average molecular weight is 427 g/mol. The summed E-state index contributed by atoms with van der Waals surface area (Å²) >= 11 is 1.60. The lowest BCUT2D eigenvalue weighted by Gasteiger charge is -2.12. The van der Waals surface area contributed by atoms with Crippen LogP contribution in [0.1, 0.15) is 21.7 Å². The van der Waals surface area contributed by atoms with Crippen LogP contribution < -0.4 is 5.32 Å². The molecule has 1 amide bonds. The van der Waals surface area contributed by atoms with Crippen molar-refractivity contribution in [2.45, 2.75) is 13.8 Å². The Labute approximate surface area is 182 Å². The molecule has 0 aliphatic heterocycles. The number of thiophene rings is 1. The zero-order valence-corrected chi connectivity index (χ0v) is 17.7. The average Bonchev–Trinajstić information content (AvgIpc) is 3.46. The molecule has 5 aromatic rings. The van der Waals surface area contributed by atoms with Crippen molar-refractivity contribution in [1.82, 2.24) is 25.2 Å². The Kier molecular flexibility index (Phi) is 4.76.